The quantitative estimate of drug-likeness (QED) is 0.792. The molecular weight excluding hydrogens is 270 g/mol. The van der Waals surface area contributed by atoms with E-state index in [2.05, 4.69) is 67.8 Å². The average molecular weight is 293 g/mol. The van der Waals surface area contributed by atoms with Gasteiger partial charge in [-0.05, 0) is 42.6 Å². The highest BCUT2D eigenvalue weighted by Crippen LogP contribution is 2.27. The number of nitrogens with zero attached hydrogens (tertiary/aromatic N) is 2. The van der Waals surface area contributed by atoms with Gasteiger partial charge in [0.05, 0.1) is 11.4 Å². The molecule has 0 bridgehead atoms. The molecule has 3 aromatic rings. The summed E-state index contributed by atoms with van der Waals surface area (Å²) < 4.78 is 2.17. The van der Waals surface area contributed by atoms with Gasteiger partial charge in [-0.25, -0.2) is 4.98 Å². The van der Waals surface area contributed by atoms with Crippen LogP contribution in [0.5, 0.6) is 0 Å². The van der Waals surface area contributed by atoms with Crippen LogP contribution in [0.25, 0.3) is 16.9 Å². The fourth-order valence-electron chi connectivity index (χ4n) is 2.84. The maximum Gasteiger partial charge on any atom is 0.137 e. The van der Waals surface area contributed by atoms with Crippen molar-refractivity contribution in [2.45, 2.75) is 33.1 Å². The van der Waals surface area contributed by atoms with Crippen molar-refractivity contribution in [1.82, 2.24) is 9.38 Å². The largest absolute Gasteiger partial charge is 0.330 e. The first-order valence-electron chi connectivity index (χ1n) is 7.88. The van der Waals surface area contributed by atoms with E-state index in [0.717, 1.165) is 23.5 Å². The average Bonchev–Trinajstić information content (AvgIpc) is 2.84. The Kier molecular flexibility index (Phi) is 3.99. The highest BCUT2D eigenvalue weighted by Gasteiger charge is 2.14. The normalized spacial score (nSPS) is 11.5. The van der Waals surface area contributed by atoms with Gasteiger partial charge < -0.3 is 5.73 Å². The standard InChI is InChI=1S/C19H23N3/c1-13(2)15-4-6-16(7-5-15)19-17(8-10-20)21-18-12-14(3)9-11-22(18)19/h4-7,9,11-13H,8,10,20H2,1-3H3. The molecule has 2 heterocycles. The van der Waals surface area contributed by atoms with Crippen molar-refractivity contribution in [3.05, 3.63) is 59.4 Å². The molecule has 3 heteroatoms. The fourth-order valence-corrected chi connectivity index (χ4v) is 2.84. The third-order valence-corrected chi connectivity index (χ3v) is 4.09. The number of pyridine rings is 1. The molecule has 2 N–H and O–H groups in total. The zero-order valence-electron chi connectivity index (χ0n) is 13.5. The minimum absolute atomic E-state index is 0.544. The van der Waals surface area contributed by atoms with Gasteiger partial charge in [0.25, 0.3) is 0 Å². The highest BCUT2D eigenvalue weighted by atomic mass is 15.0. The molecule has 0 aliphatic heterocycles. The van der Waals surface area contributed by atoms with Crippen LogP contribution in [-0.4, -0.2) is 15.9 Å². The molecule has 0 atom stereocenters. The lowest BCUT2D eigenvalue weighted by Gasteiger charge is -2.09. The predicted molar refractivity (Wildman–Crippen MR) is 92.2 cm³/mol. The molecular formula is C19H23N3. The lowest BCUT2D eigenvalue weighted by Crippen LogP contribution is -2.04. The summed E-state index contributed by atoms with van der Waals surface area (Å²) in [6, 6.07) is 13.0. The molecule has 2 aromatic heterocycles. The van der Waals surface area contributed by atoms with Gasteiger partial charge in [-0.1, -0.05) is 38.1 Å². The van der Waals surface area contributed by atoms with Crippen molar-refractivity contribution in [3.8, 4) is 11.3 Å². The van der Waals surface area contributed by atoms with Crippen LogP contribution in [0.2, 0.25) is 0 Å². The van der Waals surface area contributed by atoms with E-state index in [9.17, 15) is 0 Å². The molecule has 1 aromatic carbocycles. The van der Waals surface area contributed by atoms with Crippen LogP contribution in [0, 0.1) is 6.92 Å². The predicted octanol–water partition coefficient (Wildman–Crippen LogP) is 3.93. The maximum atomic E-state index is 5.77. The fraction of sp³-hybridized carbons (Fsp3) is 0.316. The Labute approximate surface area is 131 Å². The second-order valence-electron chi connectivity index (χ2n) is 6.15. The van der Waals surface area contributed by atoms with Crippen molar-refractivity contribution in [3.63, 3.8) is 0 Å². The van der Waals surface area contributed by atoms with Gasteiger partial charge >= 0.3 is 0 Å². The van der Waals surface area contributed by atoms with Crippen molar-refractivity contribution < 1.29 is 0 Å². The smallest absolute Gasteiger partial charge is 0.137 e. The first-order valence-corrected chi connectivity index (χ1v) is 7.88. The molecule has 0 spiro atoms. The number of imidazole rings is 1. The van der Waals surface area contributed by atoms with Crippen LogP contribution in [0.3, 0.4) is 0 Å². The zero-order valence-corrected chi connectivity index (χ0v) is 13.5. The second-order valence-corrected chi connectivity index (χ2v) is 6.15. The van der Waals surface area contributed by atoms with Crippen molar-refractivity contribution in [1.29, 1.82) is 0 Å². The Hall–Kier alpha value is -2.13. The number of hydrogen-bond donors (Lipinski definition) is 1. The van der Waals surface area contributed by atoms with Gasteiger partial charge in [0.2, 0.25) is 0 Å². The van der Waals surface area contributed by atoms with E-state index in [4.69, 9.17) is 10.7 Å². The van der Waals surface area contributed by atoms with Crippen LogP contribution in [0.4, 0.5) is 0 Å². The van der Waals surface area contributed by atoms with E-state index >= 15 is 0 Å². The summed E-state index contributed by atoms with van der Waals surface area (Å²) >= 11 is 0. The van der Waals surface area contributed by atoms with E-state index < -0.39 is 0 Å². The summed E-state index contributed by atoms with van der Waals surface area (Å²) in [4.78, 5) is 4.78. The number of aryl methyl sites for hydroxylation is 1. The summed E-state index contributed by atoms with van der Waals surface area (Å²) in [6.45, 7) is 7.13. The Morgan fingerprint density at radius 2 is 1.86 bits per heavy atom. The molecule has 114 valence electrons. The van der Waals surface area contributed by atoms with E-state index in [0.29, 0.717) is 12.5 Å². The van der Waals surface area contributed by atoms with Gasteiger partial charge in [-0.3, -0.25) is 4.40 Å². The zero-order chi connectivity index (χ0) is 15.7. The molecule has 0 fully saturated rings. The molecule has 22 heavy (non-hydrogen) atoms. The van der Waals surface area contributed by atoms with Crippen molar-refractivity contribution in [2.75, 3.05) is 6.54 Å². The molecule has 0 saturated carbocycles. The minimum Gasteiger partial charge on any atom is -0.330 e. The number of aromatic nitrogens is 2. The molecule has 3 rings (SSSR count). The molecule has 0 radical (unpaired) electrons. The van der Waals surface area contributed by atoms with Crippen molar-refractivity contribution in [2.24, 2.45) is 5.73 Å². The Morgan fingerprint density at radius 3 is 2.50 bits per heavy atom. The van der Waals surface area contributed by atoms with Gasteiger partial charge in [0, 0.05) is 18.2 Å². The first-order chi connectivity index (χ1) is 10.6. The summed E-state index contributed by atoms with van der Waals surface area (Å²) in [5, 5.41) is 0. The third-order valence-electron chi connectivity index (χ3n) is 4.09. The highest BCUT2D eigenvalue weighted by molar-refractivity contribution is 5.68. The van der Waals surface area contributed by atoms with Crippen LogP contribution < -0.4 is 5.73 Å². The Balaban J connectivity index is 2.17. The van der Waals surface area contributed by atoms with Gasteiger partial charge in [0.15, 0.2) is 0 Å². The summed E-state index contributed by atoms with van der Waals surface area (Å²) in [7, 11) is 0. The molecule has 0 aliphatic rings. The Morgan fingerprint density at radius 1 is 1.14 bits per heavy atom. The number of fused-ring (bicyclic) bond motifs is 1. The lowest BCUT2D eigenvalue weighted by atomic mass is 10.00. The van der Waals surface area contributed by atoms with Gasteiger partial charge in [-0.15, -0.1) is 0 Å². The van der Waals surface area contributed by atoms with E-state index in [1.807, 2.05) is 0 Å². The lowest BCUT2D eigenvalue weighted by molar-refractivity contribution is 0.867. The number of rotatable bonds is 4. The van der Waals surface area contributed by atoms with E-state index in [1.54, 1.807) is 0 Å². The third kappa shape index (κ3) is 2.64. The summed E-state index contributed by atoms with van der Waals surface area (Å²) in [5.41, 5.74) is 12.8. The van der Waals surface area contributed by atoms with E-state index in [1.165, 1.54) is 16.7 Å². The molecule has 0 amide bonds. The molecule has 0 saturated heterocycles. The molecule has 0 aliphatic carbocycles. The summed E-state index contributed by atoms with van der Waals surface area (Å²) in [5.74, 6) is 0.544. The SMILES string of the molecule is Cc1ccn2c(-c3ccc(C(C)C)cc3)c(CCN)nc2c1. The monoisotopic (exact) mass is 293 g/mol. The number of hydrogen-bond acceptors (Lipinski definition) is 2. The van der Waals surface area contributed by atoms with Crippen LogP contribution >= 0.6 is 0 Å². The van der Waals surface area contributed by atoms with Crippen LogP contribution in [-0.2, 0) is 6.42 Å². The second kappa shape index (κ2) is 5.93. The maximum absolute atomic E-state index is 5.77. The summed E-state index contributed by atoms with van der Waals surface area (Å²) in [6.07, 6.45) is 2.89. The van der Waals surface area contributed by atoms with E-state index in [-0.39, 0.29) is 0 Å². The van der Waals surface area contributed by atoms with Gasteiger partial charge in [-0.2, -0.15) is 0 Å². The minimum atomic E-state index is 0.544. The first kappa shape index (κ1) is 14.8. The van der Waals surface area contributed by atoms with Crippen molar-refractivity contribution >= 4 is 5.65 Å². The molecule has 0 unspecified atom stereocenters. The number of nitrogens with two attached hydrogens (primary N) is 1. The topological polar surface area (TPSA) is 43.3 Å². The Bertz CT molecular complexity index is 782. The van der Waals surface area contributed by atoms with Crippen LogP contribution in [0.1, 0.15) is 36.6 Å². The number of benzene rings is 1. The van der Waals surface area contributed by atoms with Gasteiger partial charge in [0.1, 0.15) is 5.65 Å². The molecule has 3 nitrogen and oxygen atoms in total. The van der Waals surface area contributed by atoms with Crippen LogP contribution in [0.15, 0.2) is 42.6 Å².